The summed E-state index contributed by atoms with van der Waals surface area (Å²) in [5.41, 5.74) is 5.49. The van der Waals surface area contributed by atoms with Gasteiger partial charge in [-0.3, -0.25) is 4.79 Å². The highest BCUT2D eigenvalue weighted by Gasteiger charge is 2.33. The number of carbonyl (C=O) groups is 2. The summed E-state index contributed by atoms with van der Waals surface area (Å²) in [5, 5.41) is 2.96. The fourth-order valence-corrected chi connectivity index (χ4v) is 3.60. The molecule has 0 bridgehead atoms. The average molecular weight is 369 g/mol. The largest absolute Gasteiger partial charge is 0.378 e. The molecule has 26 heavy (non-hydrogen) atoms. The fraction of sp³-hybridized carbons (Fsp3) is 0.895. The Morgan fingerprint density at radius 3 is 2.54 bits per heavy atom. The molecule has 0 spiro atoms. The molecule has 2 rings (SSSR count). The van der Waals surface area contributed by atoms with Crippen LogP contribution in [0.5, 0.6) is 0 Å². The van der Waals surface area contributed by atoms with Crippen molar-refractivity contribution in [2.75, 3.05) is 45.9 Å². The van der Waals surface area contributed by atoms with E-state index in [2.05, 4.69) is 19.2 Å². The quantitative estimate of drug-likeness (QED) is 0.665. The van der Waals surface area contributed by atoms with Gasteiger partial charge in [0.1, 0.15) is 0 Å². The van der Waals surface area contributed by atoms with Crippen molar-refractivity contribution in [3.8, 4) is 0 Å². The van der Waals surface area contributed by atoms with Crippen LogP contribution in [0.4, 0.5) is 4.79 Å². The second kappa shape index (κ2) is 10.7. The van der Waals surface area contributed by atoms with Gasteiger partial charge < -0.3 is 25.6 Å². The molecule has 3 amide bonds. The summed E-state index contributed by atoms with van der Waals surface area (Å²) in [7, 11) is 0. The van der Waals surface area contributed by atoms with Crippen molar-refractivity contribution in [3.05, 3.63) is 0 Å². The summed E-state index contributed by atoms with van der Waals surface area (Å²) in [6.07, 6.45) is 4.68. The van der Waals surface area contributed by atoms with E-state index >= 15 is 0 Å². The number of urea groups is 1. The van der Waals surface area contributed by atoms with Gasteiger partial charge in [0.15, 0.2) is 0 Å². The minimum absolute atomic E-state index is 0.0387. The third-order valence-electron chi connectivity index (χ3n) is 5.18. The van der Waals surface area contributed by atoms with Crippen LogP contribution >= 0.6 is 0 Å². The van der Waals surface area contributed by atoms with Crippen LogP contribution in [0.3, 0.4) is 0 Å². The molecule has 1 unspecified atom stereocenters. The van der Waals surface area contributed by atoms with Crippen molar-refractivity contribution >= 4 is 11.9 Å². The topological polar surface area (TPSA) is 87.9 Å². The predicted octanol–water partition coefficient (Wildman–Crippen LogP) is 1.42. The van der Waals surface area contributed by atoms with E-state index in [-0.39, 0.29) is 24.0 Å². The maximum atomic E-state index is 12.9. The van der Waals surface area contributed by atoms with Crippen molar-refractivity contribution < 1.29 is 14.3 Å². The predicted molar refractivity (Wildman–Crippen MR) is 102 cm³/mol. The van der Waals surface area contributed by atoms with Crippen LogP contribution in [0.1, 0.15) is 46.0 Å². The van der Waals surface area contributed by atoms with Crippen LogP contribution in [0, 0.1) is 11.8 Å². The van der Waals surface area contributed by atoms with Crippen molar-refractivity contribution in [1.29, 1.82) is 0 Å². The Morgan fingerprint density at radius 2 is 1.88 bits per heavy atom. The summed E-state index contributed by atoms with van der Waals surface area (Å²) in [4.78, 5) is 28.9. The van der Waals surface area contributed by atoms with Crippen molar-refractivity contribution in [2.24, 2.45) is 17.6 Å². The molecule has 7 nitrogen and oxygen atoms in total. The number of hydrogen-bond acceptors (Lipinski definition) is 4. The van der Waals surface area contributed by atoms with Gasteiger partial charge in [0.05, 0.1) is 12.0 Å². The van der Waals surface area contributed by atoms with E-state index in [9.17, 15) is 9.59 Å². The Morgan fingerprint density at radius 1 is 1.15 bits per heavy atom. The molecule has 1 atom stereocenters. The molecule has 3 N–H and O–H groups in total. The summed E-state index contributed by atoms with van der Waals surface area (Å²) < 4.78 is 5.81. The first-order valence-electron chi connectivity index (χ1n) is 10.1. The zero-order valence-electron chi connectivity index (χ0n) is 16.4. The average Bonchev–Trinajstić information content (AvgIpc) is 2.66. The highest BCUT2D eigenvalue weighted by Crippen LogP contribution is 2.22. The number of nitrogens with zero attached hydrogens (tertiary/aromatic N) is 2. The van der Waals surface area contributed by atoms with Crippen LogP contribution in [0.2, 0.25) is 0 Å². The van der Waals surface area contributed by atoms with Crippen molar-refractivity contribution in [2.45, 2.75) is 52.1 Å². The highest BCUT2D eigenvalue weighted by atomic mass is 16.5. The molecule has 2 aliphatic rings. The lowest BCUT2D eigenvalue weighted by molar-refractivity contribution is -0.139. The maximum absolute atomic E-state index is 12.9. The Kier molecular flexibility index (Phi) is 8.65. The molecule has 2 saturated heterocycles. The van der Waals surface area contributed by atoms with Crippen molar-refractivity contribution in [3.63, 3.8) is 0 Å². The number of ether oxygens (including phenoxy) is 1. The van der Waals surface area contributed by atoms with Gasteiger partial charge in [-0.15, -0.1) is 0 Å². The normalized spacial score (nSPS) is 21.9. The van der Waals surface area contributed by atoms with Gasteiger partial charge >= 0.3 is 6.03 Å². The van der Waals surface area contributed by atoms with Gasteiger partial charge in [0.2, 0.25) is 5.91 Å². The molecule has 0 saturated carbocycles. The third-order valence-corrected chi connectivity index (χ3v) is 5.18. The van der Waals surface area contributed by atoms with Crippen LogP contribution in [-0.4, -0.2) is 73.7 Å². The van der Waals surface area contributed by atoms with Gasteiger partial charge in [-0.25, -0.2) is 4.79 Å². The number of carbonyl (C=O) groups excluding carboxylic acids is 2. The first-order valence-corrected chi connectivity index (χ1v) is 10.1. The van der Waals surface area contributed by atoms with Gasteiger partial charge in [0.25, 0.3) is 0 Å². The second-order valence-electron chi connectivity index (χ2n) is 7.90. The first-order chi connectivity index (χ1) is 12.5. The SMILES string of the molecule is CC(C)CNC(=O)N1CCCC(C(=O)N2CCC(OCCCN)CC2)C1. The monoisotopic (exact) mass is 368 g/mol. The summed E-state index contributed by atoms with van der Waals surface area (Å²) in [6.45, 7) is 8.97. The molecular formula is C19H36N4O3. The lowest BCUT2D eigenvalue weighted by atomic mass is 9.95. The zero-order chi connectivity index (χ0) is 18.9. The van der Waals surface area contributed by atoms with E-state index in [0.717, 1.165) is 51.7 Å². The molecule has 2 fully saturated rings. The first kappa shape index (κ1) is 21.0. The molecule has 150 valence electrons. The molecule has 0 aromatic rings. The van der Waals surface area contributed by atoms with Gasteiger partial charge in [-0.05, 0) is 44.6 Å². The molecular weight excluding hydrogens is 332 g/mol. The number of nitrogens with two attached hydrogens (primary N) is 1. The van der Waals surface area contributed by atoms with E-state index in [1.165, 1.54) is 0 Å². The summed E-state index contributed by atoms with van der Waals surface area (Å²) >= 11 is 0. The molecule has 0 aromatic heterocycles. The number of likely N-dealkylation sites (tertiary alicyclic amines) is 2. The number of amides is 3. The number of nitrogens with one attached hydrogen (secondary N) is 1. The van der Waals surface area contributed by atoms with Gasteiger partial charge in [0, 0.05) is 39.3 Å². The van der Waals surface area contributed by atoms with Crippen LogP contribution in [-0.2, 0) is 9.53 Å². The number of hydrogen-bond donors (Lipinski definition) is 2. The van der Waals surface area contributed by atoms with E-state index in [4.69, 9.17) is 10.5 Å². The Hall–Kier alpha value is -1.34. The maximum Gasteiger partial charge on any atom is 0.317 e. The lowest BCUT2D eigenvalue weighted by Gasteiger charge is -2.37. The Bertz CT molecular complexity index is 450. The van der Waals surface area contributed by atoms with E-state index in [1.54, 1.807) is 4.90 Å². The zero-order valence-corrected chi connectivity index (χ0v) is 16.4. The minimum atomic E-state index is -0.0664. The Labute approximate surface area is 157 Å². The van der Waals surface area contributed by atoms with Crippen LogP contribution in [0.25, 0.3) is 0 Å². The highest BCUT2D eigenvalue weighted by molar-refractivity contribution is 5.81. The van der Waals surface area contributed by atoms with Crippen molar-refractivity contribution in [1.82, 2.24) is 15.1 Å². The summed E-state index contributed by atoms with van der Waals surface area (Å²) in [5.74, 6) is 0.560. The van der Waals surface area contributed by atoms with E-state index in [0.29, 0.717) is 32.2 Å². The van der Waals surface area contributed by atoms with E-state index < -0.39 is 0 Å². The van der Waals surface area contributed by atoms with Gasteiger partial charge in [-0.1, -0.05) is 13.8 Å². The number of piperidine rings is 2. The second-order valence-corrected chi connectivity index (χ2v) is 7.90. The van der Waals surface area contributed by atoms with E-state index in [1.807, 2.05) is 4.90 Å². The van der Waals surface area contributed by atoms with Crippen LogP contribution < -0.4 is 11.1 Å². The lowest BCUT2D eigenvalue weighted by Crippen LogP contribution is -2.51. The third kappa shape index (κ3) is 6.43. The molecule has 7 heteroatoms. The Balaban J connectivity index is 1.76. The minimum Gasteiger partial charge on any atom is -0.378 e. The fourth-order valence-electron chi connectivity index (χ4n) is 3.60. The standard InChI is InChI=1S/C19H36N4O3/c1-15(2)13-21-19(25)23-9-3-5-16(14-23)18(24)22-10-6-17(7-11-22)26-12-4-8-20/h15-17H,3-14,20H2,1-2H3,(H,21,25). The van der Waals surface area contributed by atoms with Gasteiger partial charge in [-0.2, -0.15) is 0 Å². The summed E-state index contributed by atoms with van der Waals surface area (Å²) in [6, 6.07) is -0.0387. The molecule has 0 radical (unpaired) electrons. The smallest absolute Gasteiger partial charge is 0.317 e. The molecule has 0 aromatic carbocycles. The molecule has 2 heterocycles. The molecule has 0 aliphatic carbocycles. The number of rotatable bonds is 7. The molecule has 2 aliphatic heterocycles. The van der Waals surface area contributed by atoms with Crippen LogP contribution in [0.15, 0.2) is 0 Å².